The largest absolute Gasteiger partial charge is 0.456 e. The van der Waals surface area contributed by atoms with Crippen molar-refractivity contribution in [2.45, 2.75) is 6.54 Å². The fraction of sp³-hybridized carbons (Fsp3) is 0.0370. The summed E-state index contributed by atoms with van der Waals surface area (Å²) in [4.78, 5) is 9.62. The average Bonchev–Trinajstić information content (AvgIpc) is 3.19. The van der Waals surface area contributed by atoms with E-state index in [2.05, 4.69) is 28.1 Å². The number of benzene rings is 4. The minimum Gasteiger partial charge on any atom is -0.456 e. The SMILES string of the molecule is Brc1ccc2oc3cccc(C/N=C(\N=C\c4ccccc4)c4ccccc4)c3c2c1. The average molecular weight is 467 g/mol. The van der Waals surface area contributed by atoms with Crippen molar-refractivity contribution in [2.24, 2.45) is 9.98 Å². The second kappa shape index (κ2) is 8.70. The van der Waals surface area contributed by atoms with E-state index in [4.69, 9.17) is 14.4 Å². The van der Waals surface area contributed by atoms with Crippen molar-refractivity contribution in [2.75, 3.05) is 0 Å². The predicted octanol–water partition coefficient (Wildman–Crippen LogP) is 7.41. The van der Waals surface area contributed by atoms with Gasteiger partial charge in [-0.25, -0.2) is 4.99 Å². The maximum Gasteiger partial charge on any atom is 0.154 e. The van der Waals surface area contributed by atoms with E-state index in [1.807, 2.05) is 91.1 Å². The molecule has 3 nitrogen and oxygen atoms in total. The summed E-state index contributed by atoms with van der Waals surface area (Å²) in [6.07, 6.45) is 1.86. The molecule has 150 valence electrons. The van der Waals surface area contributed by atoms with Crippen LogP contribution in [-0.4, -0.2) is 12.1 Å². The molecule has 0 atom stereocenters. The molecule has 0 saturated carbocycles. The number of hydrogen-bond acceptors (Lipinski definition) is 2. The quantitative estimate of drug-likeness (QED) is 0.200. The summed E-state index contributed by atoms with van der Waals surface area (Å²) < 4.78 is 7.07. The molecule has 0 amide bonds. The Hall–Kier alpha value is -3.50. The highest BCUT2D eigenvalue weighted by atomic mass is 79.9. The number of halogens is 1. The molecule has 1 aromatic heterocycles. The maximum absolute atomic E-state index is 6.05. The molecule has 5 rings (SSSR count). The van der Waals surface area contributed by atoms with Crippen LogP contribution in [0.3, 0.4) is 0 Å². The summed E-state index contributed by atoms with van der Waals surface area (Å²) in [5.41, 5.74) is 4.88. The van der Waals surface area contributed by atoms with Gasteiger partial charge in [-0.1, -0.05) is 88.7 Å². The molecule has 0 radical (unpaired) electrons. The minimum absolute atomic E-state index is 0.509. The van der Waals surface area contributed by atoms with Crippen molar-refractivity contribution in [3.8, 4) is 0 Å². The third-order valence-electron chi connectivity index (χ3n) is 5.11. The molecule has 4 aromatic carbocycles. The number of nitrogens with zero attached hydrogens (tertiary/aromatic N) is 2. The van der Waals surface area contributed by atoms with Crippen molar-refractivity contribution >= 4 is 49.9 Å². The van der Waals surface area contributed by atoms with Crippen LogP contribution in [0.2, 0.25) is 0 Å². The summed E-state index contributed by atoms with van der Waals surface area (Å²) in [6.45, 7) is 0.509. The van der Waals surface area contributed by atoms with E-state index < -0.39 is 0 Å². The van der Waals surface area contributed by atoms with Gasteiger partial charge >= 0.3 is 0 Å². The minimum atomic E-state index is 0.509. The van der Waals surface area contributed by atoms with Gasteiger partial charge in [0.1, 0.15) is 11.2 Å². The van der Waals surface area contributed by atoms with Gasteiger partial charge in [0.15, 0.2) is 5.84 Å². The van der Waals surface area contributed by atoms with E-state index >= 15 is 0 Å². The van der Waals surface area contributed by atoms with Crippen LogP contribution >= 0.6 is 15.9 Å². The third-order valence-corrected chi connectivity index (χ3v) is 5.60. The van der Waals surface area contributed by atoms with Crippen LogP contribution in [0.4, 0.5) is 0 Å². The Labute approximate surface area is 188 Å². The van der Waals surface area contributed by atoms with Gasteiger partial charge in [0.05, 0.1) is 6.54 Å². The van der Waals surface area contributed by atoms with E-state index in [1.165, 1.54) is 0 Å². The highest BCUT2D eigenvalue weighted by molar-refractivity contribution is 9.10. The maximum atomic E-state index is 6.05. The first-order chi connectivity index (χ1) is 15.3. The lowest BCUT2D eigenvalue weighted by molar-refractivity contribution is 0.668. The summed E-state index contributed by atoms with van der Waals surface area (Å²) >= 11 is 3.57. The van der Waals surface area contributed by atoms with Crippen molar-refractivity contribution < 1.29 is 4.42 Å². The van der Waals surface area contributed by atoms with E-state index in [0.29, 0.717) is 12.4 Å². The fourth-order valence-corrected chi connectivity index (χ4v) is 3.99. The Morgan fingerprint density at radius 1 is 0.806 bits per heavy atom. The normalized spacial score (nSPS) is 12.2. The number of hydrogen-bond donors (Lipinski definition) is 0. The first-order valence-corrected chi connectivity index (χ1v) is 10.9. The molecule has 0 fully saturated rings. The molecule has 1 heterocycles. The van der Waals surface area contributed by atoms with Crippen molar-refractivity contribution in [3.63, 3.8) is 0 Å². The van der Waals surface area contributed by atoms with Crippen LogP contribution < -0.4 is 0 Å². The zero-order valence-electron chi connectivity index (χ0n) is 16.7. The van der Waals surface area contributed by atoms with E-state index in [0.717, 1.165) is 43.1 Å². The van der Waals surface area contributed by atoms with Gasteiger partial charge in [-0.15, -0.1) is 0 Å². The van der Waals surface area contributed by atoms with Crippen LogP contribution in [0, 0.1) is 0 Å². The molecule has 4 heteroatoms. The number of fused-ring (bicyclic) bond motifs is 3. The Bertz CT molecular complexity index is 1400. The molecule has 0 spiro atoms. The molecular formula is C27H19BrN2O. The zero-order valence-corrected chi connectivity index (χ0v) is 18.3. The first kappa shape index (κ1) is 19.5. The van der Waals surface area contributed by atoms with Crippen molar-refractivity contribution in [1.29, 1.82) is 0 Å². The second-order valence-corrected chi connectivity index (χ2v) is 8.12. The lowest BCUT2D eigenvalue weighted by Crippen LogP contribution is -1.99. The third kappa shape index (κ3) is 4.21. The van der Waals surface area contributed by atoms with E-state index in [1.54, 1.807) is 0 Å². The molecule has 31 heavy (non-hydrogen) atoms. The molecule has 0 aliphatic heterocycles. The van der Waals surface area contributed by atoms with Crippen LogP contribution in [0.1, 0.15) is 16.7 Å². The van der Waals surface area contributed by atoms with Gasteiger partial charge in [0.25, 0.3) is 0 Å². The second-order valence-electron chi connectivity index (χ2n) is 7.21. The van der Waals surface area contributed by atoms with Gasteiger partial charge in [-0.2, -0.15) is 0 Å². The topological polar surface area (TPSA) is 37.9 Å². The lowest BCUT2D eigenvalue weighted by Gasteiger charge is -2.04. The van der Waals surface area contributed by atoms with Crippen LogP contribution in [0.5, 0.6) is 0 Å². The van der Waals surface area contributed by atoms with Gasteiger partial charge < -0.3 is 4.42 Å². The fourth-order valence-electron chi connectivity index (χ4n) is 3.63. The Kier molecular flexibility index (Phi) is 5.46. The number of rotatable bonds is 4. The lowest BCUT2D eigenvalue weighted by atomic mass is 10.1. The molecular weight excluding hydrogens is 448 g/mol. The smallest absolute Gasteiger partial charge is 0.154 e. The first-order valence-electron chi connectivity index (χ1n) is 10.1. The summed E-state index contributed by atoms with van der Waals surface area (Å²) in [5, 5.41) is 2.19. The van der Waals surface area contributed by atoms with Crippen molar-refractivity contribution in [1.82, 2.24) is 0 Å². The Morgan fingerprint density at radius 3 is 2.39 bits per heavy atom. The Balaban J connectivity index is 1.57. The summed E-state index contributed by atoms with van der Waals surface area (Å²) in [5.74, 6) is 0.704. The van der Waals surface area contributed by atoms with Gasteiger partial charge in [0, 0.05) is 27.0 Å². The number of aliphatic imine (C=N–C) groups is 2. The predicted molar refractivity (Wildman–Crippen MR) is 132 cm³/mol. The molecule has 0 bridgehead atoms. The van der Waals surface area contributed by atoms with Crippen LogP contribution in [0.25, 0.3) is 21.9 Å². The number of furan rings is 1. The highest BCUT2D eigenvalue weighted by Gasteiger charge is 2.11. The molecule has 0 aliphatic rings. The van der Waals surface area contributed by atoms with Crippen LogP contribution in [0.15, 0.2) is 116 Å². The molecule has 0 N–H and O–H groups in total. The monoisotopic (exact) mass is 466 g/mol. The standard InChI is InChI=1S/C27H19BrN2O/c28-22-14-15-24-23(16-22)26-21(12-7-13-25(26)31-24)18-30-27(20-10-5-2-6-11-20)29-17-19-8-3-1-4-9-19/h1-17H,18H2/b29-17+,30-27-. The highest BCUT2D eigenvalue weighted by Crippen LogP contribution is 2.33. The zero-order chi connectivity index (χ0) is 21.0. The van der Waals surface area contributed by atoms with E-state index in [-0.39, 0.29) is 0 Å². The molecule has 0 saturated heterocycles. The summed E-state index contributed by atoms with van der Waals surface area (Å²) in [6, 6.07) is 32.3. The van der Waals surface area contributed by atoms with Gasteiger partial charge in [-0.05, 0) is 35.4 Å². The van der Waals surface area contributed by atoms with Gasteiger partial charge in [0.2, 0.25) is 0 Å². The van der Waals surface area contributed by atoms with E-state index in [9.17, 15) is 0 Å². The molecule has 0 aliphatic carbocycles. The molecule has 0 unspecified atom stereocenters. The number of amidine groups is 1. The Morgan fingerprint density at radius 2 is 1.58 bits per heavy atom. The van der Waals surface area contributed by atoms with Gasteiger partial charge in [-0.3, -0.25) is 4.99 Å². The molecule has 5 aromatic rings. The van der Waals surface area contributed by atoms with Crippen molar-refractivity contribution in [3.05, 3.63) is 118 Å². The summed E-state index contributed by atoms with van der Waals surface area (Å²) in [7, 11) is 0. The van der Waals surface area contributed by atoms with Crippen LogP contribution in [-0.2, 0) is 6.54 Å².